The third kappa shape index (κ3) is 7.78. The second kappa shape index (κ2) is 11.2. The van der Waals surface area contributed by atoms with Crippen LogP contribution in [0.5, 0.6) is 11.5 Å². The minimum Gasteiger partial charge on any atom is -0.493 e. The number of hydrogen-bond donors (Lipinski definition) is 2. The van der Waals surface area contributed by atoms with Crippen molar-refractivity contribution in [2.24, 2.45) is 5.73 Å². The van der Waals surface area contributed by atoms with Crippen LogP contribution in [-0.2, 0) is 11.3 Å². The molecule has 0 aliphatic rings. The molecule has 1 aromatic carbocycles. The fourth-order valence-corrected chi connectivity index (χ4v) is 1.82. The Kier molecular flexibility index (Phi) is 10.4. The largest absolute Gasteiger partial charge is 0.493 e. The fraction of sp³-hybridized carbons (Fsp3) is 0.533. The van der Waals surface area contributed by atoms with Gasteiger partial charge in [0, 0.05) is 6.54 Å². The lowest BCUT2D eigenvalue weighted by atomic mass is 10.2. The molecule has 0 heterocycles. The molecular formula is C15H25ClN2O3. The van der Waals surface area contributed by atoms with E-state index in [9.17, 15) is 4.79 Å². The van der Waals surface area contributed by atoms with E-state index < -0.39 is 5.91 Å². The van der Waals surface area contributed by atoms with Crippen molar-refractivity contribution in [2.45, 2.75) is 32.7 Å². The second-order valence-electron chi connectivity index (χ2n) is 4.62. The van der Waals surface area contributed by atoms with Crippen LogP contribution >= 0.6 is 12.4 Å². The van der Waals surface area contributed by atoms with Gasteiger partial charge in [-0.3, -0.25) is 4.79 Å². The van der Waals surface area contributed by atoms with Gasteiger partial charge >= 0.3 is 0 Å². The first-order chi connectivity index (χ1) is 9.67. The second-order valence-corrected chi connectivity index (χ2v) is 4.62. The molecule has 0 bridgehead atoms. The average Bonchev–Trinajstić information content (AvgIpc) is 2.45. The third-order valence-electron chi connectivity index (χ3n) is 2.88. The summed E-state index contributed by atoms with van der Waals surface area (Å²) in [6, 6.07) is 5.65. The van der Waals surface area contributed by atoms with Crippen LogP contribution in [-0.4, -0.2) is 26.2 Å². The molecule has 0 spiro atoms. The molecule has 0 fully saturated rings. The molecule has 6 heteroatoms. The lowest BCUT2D eigenvalue weighted by Crippen LogP contribution is -2.20. The number of benzene rings is 1. The van der Waals surface area contributed by atoms with Crippen molar-refractivity contribution in [3.8, 4) is 11.5 Å². The van der Waals surface area contributed by atoms with E-state index in [1.54, 1.807) is 13.2 Å². The van der Waals surface area contributed by atoms with E-state index in [-0.39, 0.29) is 19.0 Å². The Hall–Kier alpha value is -1.46. The van der Waals surface area contributed by atoms with Gasteiger partial charge in [0.15, 0.2) is 18.1 Å². The monoisotopic (exact) mass is 316 g/mol. The lowest BCUT2D eigenvalue weighted by molar-refractivity contribution is -0.119. The Labute approximate surface area is 132 Å². The smallest absolute Gasteiger partial charge is 0.255 e. The molecule has 5 nitrogen and oxygen atoms in total. The summed E-state index contributed by atoms with van der Waals surface area (Å²) in [5, 5.41) is 3.39. The predicted octanol–water partition coefficient (Wildman–Crippen LogP) is 2.26. The van der Waals surface area contributed by atoms with E-state index in [1.165, 1.54) is 19.3 Å². The number of hydrogen-bond acceptors (Lipinski definition) is 4. The third-order valence-corrected chi connectivity index (χ3v) is 2.88. The molecular weight excluding hydrogens is 292 g/mol. The van der Waals surface area contributed by atoms with Gasteiger partial charge in [-0.25, -0.2) is 0 Å². The highest BCUT2D eigenvalue weighted by Crippen LogP contribution is 2.27. The lowest BCUT2D eigenvalue weighted by Gasteiger charge is -2.11. The summed E-state index contributed by atoms with van der Waals surface area (Å²) >= 11 is 0. The highest BCUT2D eigenvalue weighted by atomic mass is 35.5. The number of rotatable bonds is 10. The van der Waals surface area contributed by atoms with Crippen molar-refractivity contribution in [3.05, 3.63) is 23.8 Å². The maximum Gasteiger partial charge on any atom is 0.255 e. The van der Waals surface area contributed by atoms with Gasteiger partial charge in [-0.2, -0.15) is 0 Å². The fourth-order valence-electron chi connectivity index (χ4n) is 1.82. The number of primary amides is 1. The maximum absolute atomic E-state index is 10.7. The Morgan fingerprint density at radius 3 is 2.67 bits per heavy atom. The molecule has 1 amide bonds. The van der Waals surface area contributed by atoms with Gasteiger partial charge in [0.1, 0.15) is 0 Å². The Morgan fingerprint density at radius 1 is 1.29 bits per heavy atom. The van der Waals surface area contributed by atoms with Gasteiger partial charge in [-0.15, -0.1) is 12.4 Å². The van der Waals surface area contributed by atoms with Gasteiger partial charge in [-0.05, 0) is 30.7 Å². The molecule has 0 aliphatic heterocycles. The van der Waals surface area contributed by atoms with E-state index in [1.807, 2.05) is 12.1 Å². The number of nitrogens with two attached hydrogens (primary N) is 1. The van der Waals surface area contributed by atoms with Gasteiger partial charge in [0.25, 0.3) is 5.91 Å². The molecule has 0 atom stereocenters. The Balaban J connectivity index is 0.00000400. The van der Waals surface area contributed by atoms with Crippen LogP contribution in [0.3, 0.4) is 0 Å². The van der Waals surface area contributed by atoms with E-state index in [4.69, 9.17) is 15.2 Å². The number of amides is 1. The van der Waals surface area contributed by atoms with Gasteiger partial charge < -0.3 is 20.5 Å². The van der Waals surface area contributed by atoms with Crippen LogP contribution < -0.4 is 20.5 Å². The van der Waals surface area contributed by atoms with E-state index >= 15 is 0 Å². The van der Waals surface area contributed by atoms with Crippen LogP contribution in [0.25, 0.3) is 0 Å². The number of ether oxygens (including phenoxy) is 2. The van der Waals surface area contributed by atoms with Crippen molar-refractivity contribution < 1.29 is 14.3 Å². The summed E-state index contributed by atoms with van der Waals surface area (Å²) in [5.41, 5.74) is 6.17. The molecule has 0 saturated carbocycles. The first kappa shape index (κ1) is 19.5. The van der Waals surface area contributed by atoms with Crippen LogP contribution in [0, 0.1) is 0 Å². The average molecular weight is 317 g/mol. The number of unbranched alkanes of at least 4 members (excludes halogenated alkanes) is 2. The maximum atomic E-state index is 10.7. The van der Waals surface area contributed by atoms with Crippen LogP contribution in [0.15, 0.2) is 18.2 Å². The van der Waals surface area contributed by atoms with Crippen LogP contribution in [0.1, 0.15) is 31.7 Å². The van der Waals surface area contributed by atoms with Crippen molar-refractivity contribution in [1.29, 1.82) is 0 Å². The zero-order valence-electron chi connectivity index (χ0n) is 12.7. The van der Waals surface area contributed by atoms with Gasteiger partial charge in [0.2, 0.25) is 0 Å². The SMILES string of the molecule is CCCCCNCc1ccc(OCC(N)=O)c(OC)c1.Cl. The molecule has 0 radical (unpaired) electrons. The highest BCUT2D eigenvalue weighted by Gasteiger charge is 2.07. The van der Waals surface area contributed by atoms with Crippen molar-refractivity contribution >= 4 is 18.3 Å². The standard InChI is InChI=1S/C15H24N2O3.ClH/c1-3-4-5-8-17-10-12-6-7-13(14(9-12)19-2)20-11-15(16)18;/h6-7,9,17H,3-5,8,10-11H2,1-2H3,(H2,16,18);1H. The predicted molar refractivity (Wildman–Crippen MR) is 86.2 cm³/mol. The zero-order valence-corrected chi connectivity index (χ0v) is 13.5. The highest BCUT2D eigenvalue weighted by molar-refractivity contribution is 5.85. The van der Waals surface area contributed by atoms with E-state index in [2.05, 4.69) is 12.2 Å². The van der Waals surface area contributed by atoms with Gasteiger partial charge in [-0.1, -0.05) is 25.8 Å². The van der Waals surface area contributed by atoms with Crippen molar-refractivity contribution in [3.63, 3.8) is 0 Å². The Bertz CT molecular complexity index is 427. The molecule has 0 saturated heterocycles. The van der Waals surface area contributed by atoms with Crippen LogP contribution in [0.4, 0.5) is 0 Å². The van der Waals surface area contributed by atoms with Gasteiger partial charge in [0.05, 0.1) is 7.11 Å². The molecule has 0 unspecified atom stereocenters. The van der Waals surface area contributed by atoms with Crippen molar-refractivity contribution in [2.75, 3.05) is 20.3 Å². The molecule has 3 N–H and O–H groups in total. The zero-order chi connectivity index (χ0) is 14.8. The topological polar surface area (TPSA) is 73.6 Å². The molecule has 120 valence electrons. The Morgan fingerprint density at radius 2 is 2.05 bits per heavy atom. The number of methoxy groups -OCH3 is 1. The first-order valence-electron chi connectivity index (χ1n) is 6.96. The quantitative estimate of drug-likeness (QED) is 0.649. The van der Waals surface area contributed by atoms with Crippen LogP contribution in [0.2, 0.25) is 0 Å². The number of halogens is 1. The van der Waals surface area contributed by atoms with Crippen molar-refractivity contribution in [1.82, 2.24) is 5.32 Å². The molecule has 1 rings (SSSR count). The molecule has 0 aliphatic carbocycles. The number of carbonyl (C=O) groups is 1. The molecule has 0 aromatic heterocycles. The minimum absolute atomic E-state index is 0. The summed E-state index contributed by atoms with van der Waals surface area (Å²) in [5.74, 6) is 0.633. The molecule has 1 aromatic rings. The normalized spacial score (nSPS) is 9.81. The first-order valence-corrected chi connectivity index (χ1v) is 6.96. The summed E-state index contributed by atoms with van der Waals surface area (Å²) < 4.78 is 10.5. The minimum atomic E-state index is -0.506. The number of carbonyl (C=O) groups excluding carboxylic acids is 1. The summed E-state index contributed by atoms with van der Waals surface area (Å²) in [6.07, 6.45) is 3.66. The van der Waals surface area contributed by atoms with E-state index in [0.717, 1.165) is 18.7 Å². The summed E-state index contributed by atoms with van der Waals surface area (Å²) in [7, 11) is 1.57. The number of nitrogens with one attached hydrogen (secondary N) is 1. The summed E-state index contributed by atoms with van der Waals surface area (Å²) in [6.45, 7) is 3.84. The summed E-state index contributed by atoms with van der Waals surface area (Å²) in [4.78, 5) is 10.7. The molecule has 21 heavy (non-hydrogen) atoms. The van der Waals surface area contributed by atoms with E-state index in [0.29, 0.717) is 11.5 Å².